The molecule has 4 heteroatoms. The number of ether oxygens (including phenoxy) is 1. The van der Waals surface area contributed by atoms with E-state index in [1.807, 2.05) is 30.3 Å². The van der Waals surface area contributed by atoms with E-state index in [1.165, 1.54) is 11.1 Å². The molecule has 0 bridgehead atoms. The van der Waals surface area contributed by atoms with Gasteiger partial charge in [0.2, 0.25) is 5.91 Å². The largest absolute Gasteiger partial charge is 0.496 e. The van der Waals surface area contributed by atoms with E-state index in [4.69, 9.17) is 4.74 Å². The molecule has 2 N–H and O–H groups in total. The standard InChI is InChI=1S/C19H24N2O2/c1-14-7-6-8-15(2)19(14)20-12-11-18(22)21-13-16-9-4-5-10-17(16)23-3/h4-10,20H,11-13H2,1-3H3,(H,21,22). The summed E-state index contributed by atoms with van der Waals surface area (Å²) in [5.74, 6) is 0.816. The number of aryl methyl sites for hydroxylation is 2. The first-order valence-electron chi connectivity index (χ1n) is 7.80. The molecule has 0 heterocycles. The average molecular weight is 312 g/mol. The minimum atomic E-state index is 0.0228. The van der Waals surface area contributed by atoms with Crippen LogP contribution in [0, 0.1) is 13.8 Å². The summed E-state index contributed by atoms with van der Waals surface area (Å²) in [6.45, 7) is 5.23. The topological polar surface area (TPSA) is 50.4 Å². The van der Waals surface area contributed by atoms with Crippen LogP contribution in [-0.2, 0) is 11.3 Å². The summed E-state index contributed by atoms with van der Waals surface area (Å²) in [5.41, 5.74) is 4.48. The molecule has 0 fully saturated rings. The van der Waals surface area contributed by atoms with Gasteiger partial charge in [-0.25, -0.2) is 0 Å². The molecule has 0 aromatic heterocycles. The molecule has 0 atom stereocenters. The van der Waals surface area contributed by atoms with Crippen molar-refractivity contribution in [3.05, 3.63) is 59.2 Å². The van der Waals surface area contributed by atoms with Crippen molar-refractivity contribution >= 4 is 11.6 Å². The maximum absolute atomic E-state index is 12.0. The molecule has 23 heavy (non-hydrogen) atoms. The van der Waals surface area contributed by atoms with Crippen LogP contribution in [0.3, 0.4) is 0 Å². The van der Waals surface area contributed by atoms with Gasteiger partial charge in [-0.1, -0.05) is 36.4 Å². The van der Waals surface area contributed by atoms with E-state index in [2.05, 4.69) is 36.6 Å². The molecular formula is C19H24N2O2. The van der Waals surface area contributed by atoms with Crippen LogP contribution in [0.2, 0.25) is 0 Å². The molecule has 2 rings (SSSR count). The Morgan fingerprint density at radius 2 is 1.74 bits per heavy atom. The third-order valence-electron chi connectivity index (χ3n) is 3.80. The summed E-state index contributed by atoms with van der Waals surface area (Å²) in [7, 11) is 1.63. The van der Waals surface area contributed by atoms with E-state index >= 15 is 0 Å². The summed E-state index contributed by atoms with van der Waals surface area (Å²) >= 11 is 0. The zero-order valence-electron chi connectivity index (χ0n) is 14.0. The Morgan fingerprint density at radius 1 is 1.04 bits per heavy atom. The number of rotatable bonds is 7. The van der Waals surface area contributed by atoms with Crippen molar-refractivity contribution in [3.8, 4) is 5.75 Å². The second-order valence-electron chi connectivity index (χ2n) is 5.53. The highest BCUT2D eigenvalue weighted by atomic mass is 16.5. The van der Waals surface area contributed by atoms with Crippen LogP contribution >= 0.6 is 0 Å². The van der Waals surface area contributed by atoms with E-state index in [1.54, 1.807) is 7.11 Å². The fraction of sp³-hybridized carbons (Fsp3) is 0.316. The SMILES string of the molecule is COc1ccccc1CNC(=O)CCNc1c(C)cccc1C. The van der Waals surface area contributed by atoms with Crippen LogP contribution in [0.5, 0.6) is 5.75 Å². The first-order valence-corrected chi connectivity index (χ1v) is 7.80. The summed E-state index contributed by atoms with van der Waals surface area (Å²) in [5, 5.41) is 6.28. The Balaban J connectivity index is 1.79. The Morgan fingerprint density at radius 3 is 2.43 bits per heavy atom. The number of methoxy groups -OCH3 is 1. The molecule has 0 aliphatic rings. The maximum Gasteiger partial charge on any atom is 0.222 e. The van der Waals surface area contributed by atoms with Gasteiger partial charge in [-0.3, -0.25) is 4.79 Å². The van der Waals surface area contributed by atoms with Crippen molar-refractivity contribution in [1.82, 2.24) is 5.32 Å². The molecule has 2 aromatic rings. The fourth-order valence-electron chi connectivity index (χ4n) is 2.53. The zero-order valence-corrected chi connectivity index (χ0v) is 14.0. The minimum absolute atomic E-state index is 0.0228. The lowest BCUT2D eigenvalue weighted by atomic mass is 10.1. The van der Waals surface area contributed by atoms with Crippen LogP contribution in [0.1, 0.15) is 23.1 Å². The van der Waals surface area contributed by atoms with Gasteiger partial charge < -0.3 is 15.4 Å². The summed E-state index contributed by atoms with van der Waals surface area (Å²) in [6.07, 6.45) is 0.433. The molecule has 0 saturated carbocycles. The number of carbonyl (C=O) groups is 1. The van der Waals surface area contributed by atoms with Crippen molar-refractivity contribution in [2.45, 2.75) is 26.8 Å². The predicted molar refractivity (Wildman–Crippen MR) is 93.9 cm³/mol. The van der Waals surface area contributed by atoms with Crippen LogP contribution < -0.4 is 15.4 Å². The molecule has 0 radical (unpaired) electrons. The Labute approximate surface area is 137 Å². The van der Waals surface area contributed by atoms with Crippen LogP contribution in [0.4, 0.5) is 5.69 Å². The van der Waals surface area contributed by atoms with Crippen molar-refractivity contribution < 1.29 is 9.53 Å². The number of para-hydroxylation sites is 2. The summed E-state index contributed by atoms with van der Waals surface area (Å²) in [4.78, 5) is 12.0. The summed E-state index contributed by atoms with van der Waals surface area (Å²) < 4.78 is 5.28. The number of nitrogens with one attached hydrogen (secondary N) is 2. The van der Waals surface area contributed by atoms with E-state index in [0.717, 1.165) is 17.0 Å². The number of hydrogen-bond acceptors (Lipinski definition) is 3. The van der Waals surface area contributed by atoms with E-state index in [0.29, 0.717) is 19.5 Å². The molecule has 0 saturated heterocycles. The Kier molecular flexibility index (Phi) is 6.03. The van der Waals surface area contributed by atoms with Crippen molar-refractivity contribution in [2.24, 2.45) is 0 Å². The van der Waals surface area contributed by atoms with Crippen LogP contribution in [0.25, 0.3) is 0 Å². The van der Waals surface area contributed by atoms with Gasteiger partial charge in [-0.2, -0.15) is 0 Å². The molecule has 2 aromatic carbocycles. The van der Waals surface area contributed by atoms with Crippen molar-refractivity contribution in [2.75, 3.05) is 19.0 Å². The summed E-state index contributed by atoms with van der Waals surface area (Å²) in [6, 6.07) is 13.9. The molecule has 122 valence electrons. The zero-order chi connectivity index (χ0) is 16.7. The van der Waals surface area contributed by atoms with Gasteiger partial charge >= 0.3 is 0 Å². The maximum atomic E-state index is 12.0. The highest BCUT2D eigenvalue weighted by molar-refractivity contribution is 5.76. The number of anilines is 1. The third kappa shape index (κ3) is 4.74. The first kappa shape index (κ1) is 16.9. The molecular weight excluding hydrogens is 288 g/mol. The molecule has 0 unspecified atom stereocenters. The van der Waals surface area contributed by atoms with E-state index in [9.17, 15) is 4.79 Å². The van der Waals surface area contributed by atoms with E-state index < -0.39 is 0 Å². The monoisotopic (exact) mass is 312 g/mol. The highest BCUT2D eigenvalue weighted by Crippen LogP contribution is 2.19. The van der Waals surface area contributed by atoms with E-state index in [-0.39, 0.29) is 5.91 Å². The highest BCUT2D eigenvalue weighted by Gasteiger charge is 2.06. The quantitative estimate of drug-likeness (QED) is 0.823. The molecule has 0 aliphatic heterocycles. The lowest BCUT2D eigenvalue weighted by Gasteiger charge is -2.13. The second-order valence-corrected chi connectivity index (χ2v) is 5.53. The normalized spacial score (nSPS) is 10.2. The van der Waals surface area contributed by atoms with Crippen LogP contribution in [0.15, 0.2) is 42.5 Å². The fourth-order valence-corrected chi connectivity index (χ4v) is 2.53. The number of hydrogen-bond donors (Lipinski definition) is 2. The van der Waals surface area contributed by atoms with Gasteiger partial charge in [-0.15, -0.1) is 0 Å². The average Bonchev–Trinajstić information content (AvgIpc) is 2.56. The van der Waals surface area contributed by atoms with Crippen LogP contribution in [-0.4, -0.2) is 19.6 Å². The molecule has 0 spiro atoms. The lowest BCUT2D eigenvalue weighted by Crippen LogP contribution is -2.25. The Bertz CT molecular complexity index is 648. The molecule has 4 nitrogen and oxygen atoms in total. The minimum Gasteiger partial charge on any atom is -0.496 e. The second kappa shape index (κ2) is 8.22. The van der Waals surface area contributed by atoms with Crippen molar-refractivity contribution in [1.29, 1.82) is 0 Å². The van der Waals surface area contributed by atoms with Gasteiger partial charge in [0.25, 0.3) is 0 Å². The number of carbonyl (C=O) groups excluding carboxylic acids is 1. The first-order chi connectivity index (χ1) is 11.1. The predicted octanol–water partition coefficient (Wildman–Crippen LogP) is 3.43. The van der Waals surface area contributed by atoms with Gasteiger partial charge in [0.15, 0.2) is 0 Å². The lowest BCUT2D eigenvalue weighted by molar-refractivity contribution is -0.121. The van der Waals surface area contributed by atoms with Gasteiger partial charge in [0.1, 0.15) is 5.75 Å². The smallest absolute Gasteiger partial charge is 0.222 e. The van der Waals surface area contributed by atoms with Gasteiger partial charge in [-0.05, 0) is 31.0 Å². The third-order valence-corrected chi connectivity index (χ3v) is 3.80. The Hall–Kier alpha value is -2.49. The molecule has 1 amide bonds. The molecule has 0 aliphatic carbocycles. The van der Waals surface area contributed by atoms with Gasteiger partial charge in [0, 0.05) is 30.8 Å². The number of amides is 1. The number of benzene rings is 2. The van der Waals surface area contributed by atoms with Crippen molar-refractivity contribution in [3.63, 3.8) is 0 Å². The van der Waals surface area contributed by atoms with Gasteiger partial charge in [0.05, 0.1) is 7.11 Å².